The van der Waals surface area contributed by atoms with Gasteiger partial charge in [-0.05, 0) is 74.7 Å². The van der Waals surface area contributed by atoms with E-state index in [1.54, 1.807) is 9.80 Å². The van der Waals surface area contributed by atoms with E-state index in [4.69, 9.17) is 9.47 Å². The first-order valence-corrected chi connectivity index (χ1v) is 13.1. The van der Waals surface area contributed by atoms with E-state index < -0.39 is 0 Å². The number of benzene rings is 1. The third-order valence-corrected chi connectivity index (χ3v) is 8.15. The maximum absolute atomic E-state index is 13.5. The highest BCUT2D eigenvalue weighted by atomic mass is 127. The van der Waals surface area contributed by atoms with E-state index in [-0.39, 0.29) is 17.8 Å². The number of morpholine rings is 2. The molecule has 3 rings (SSSR count). The van der Waals surface area contributed by atoms with E-state index >= 15 is 0 Å². The number of rotatable bonds is 4. The van der Waals surface area contributed by atoms with Crippen molar-refractivity contribution in [2.45, 2.75) is 6.92 Å². The molecule has 0 saturated carbocycles. The Labute approximate surface area is 221 Å². The van der Waals surface area contributed by atoms with Crippen molar-refractivity contribution < 1.29 is 23.9 Å². The summed E-state index contributed by atoms with van der Waals surface area (Å²) in [5.74, 6) is -0.327. The Morgan fingerprint density at radius 2 is 1.23 bits per heavy atom. The maximum atomic E-state index is 13.5. The number of ether oxygens (including phenoxy) is 2. The molecule has 31 heavy (non-hydrogen) atoms. The van der Waals surface area contributed by atoms with Crippen LogP contribution in [0.25, 0.3) is 0 Å². The lowest BCUT2D eigenvalue weighted by Crippen LogP contribution is -2.43. The molecule has 12 heteroatoms. The van der Waals surface area contributed by atoms with Crippen molar-refractivity contribution in [3.63, 3.8) is 0 Å². The first kappa shape index (κ1) is 25.2. The molecule has 0 unspecified atom stereocenters. The minimum Gasteiger partial charge on any atom is -0.378 e. The van der Waals surface area contributed by atoms with Crippen LogP contribution in [0.4, 0.5) is 10.5 Å². The number of urea groups is 1. The molecular weight excluding hydrogens is 745 g/mol. The summed E-state index contributed by atoms with van der Waals surface area (Å²) in [6, 6.07) is -0.380. The molecule has 2 saturated heterocycles. The maximum Gasteiger partial charge on any atom is 0.319 e. The predicted octanol–water partition coefficient (Wildman–Crippen LogP) is 2.59. The zero-order valence-electron chi connectivity index (χ0n) is 16.9. The number of hydrogen-bond donors (Lipinski definition) is 2. The smallest absolute Gasteiger partial charge is 0.319 e. The molecule has 2 aliphatic rings. The van der Waals surface area contributed by atoms with Gasteiger partial charge in [0, 0.05) is 36.3 Å². The number of amides is 4. The van der Waals surface area contributed by atoms with Crippen molar-refractivity contribution in [1.29, 1.82) is 0 Å². The average molecular weight is 768 g/mol. The Morgan fingerprint density at radius 3 is 1.61 bits per heavy atom. The number of nitrogens with zero attached hydrogens (tertiary/aromatic N) is 2. The van der Waals surface area contributed by atoms with Crippen LogP contribution in [0, 0.1) is 10.7 Å². The molecule has 2 N–H and O–H groups in total. The molecule has 2 fully saturated rings. The lowest BCUT2D eigenvalue weighted by Gasteiger charge is -2.30. The van der Waals surface area contributed by atoms with E-state index in [1.165, 1.54) is 0 Å². The van der Waals surface area contributed by atoms with Gasteiger partial charge >= 0.3 is 6.03 Å². The van der Waals surface area contributed by atoms with E-state index in [0.717, 1.165) is 0 Å². The van der Waals surface area contributed by atoms with Crippen LogP contribution in [-0.2, 0) is 9.47 Å². The van der Waals surface area contributed by atoms with Crippen LogP contribution in [0.1, 0.15) is 27.6 Å². The zero-order valence-corrected chi connectivity index (χ0v) is 23.4. The molecule has 1 aromatic carbocycles. The summed E-state index contributed by atoms with van der Waals surface area (Å²) in [5, 5.41) is 5.55. The number of carbonyl (C=O) groups excluding carboxylic acids is 3. The third kappa shape index (κ3) is 5.73. The lowest BCUT2D eigenvalue weighted by molar-refractivity contribution is 0.0296. The van der Waals surface area contributed by atoms with Crippen LogP contribution < -0.4 is 10.6 Å². The monoisotopic (exact) mass is 768 g/mol. The number of carbonyl (C=O) groups is 3. The molecule has 0 spiro atoms. The Morgan fingerprint density at radius 1 is 0.806 bits per heavy atom. The number of hydrogen-bond acceptors (Lipinski definition) is 5. The Balaban J connectivity index is 2.10. The molecular formula is C19H23I3N4O5. The van der Waals surface area contributed by atoms with Gasteiger partial charge in [-0.25, -0.2) is 4.79 Å². The fourth-order valence-electron chi connectivity index (χ4n) is 3.32. The second-order valence-corrected chi connectivity index (χ2v) is 10.1. The van der Waals surface area contributed by atoms with E-state index in [9.17, 15) is 14.4 Å². The highest BCUT2D eigenvalue weighted by Gasteiger charge is 2.33. The van der Waals surface area contributed by atoms with Crippen LogP contribution in [0.15, 0.2) is 0 Å². The second kappa shape index (κ2) is 11.6. The van der Waals surface area contributed by atoms with Crippen molar-refractivity contribution in [2.75, 3.05) is 64.5 Å². The quantitative estimate of drug-likeness (QED) is 0.460. The zero-order chi connectivity index (χ0) is 22.5. The van der Waals surface area contributed by atoms with E-state index in [2.05, 4.69) is 78.4 Å². The van der Waals surface area contributed by atoms with Crippen molar-refractivity contribution in [1.82, 2.24) is 15.1 Å². The molecule has 0 aliphatic carbocycles. The van der Waals surface area contributed by atoms with Crippen LogP contribution >= 0.6 is 67.8 Å². The van der Waals surface area contributed by atoms with Gasteiger partial charge in [0.1, 0.15) is 0 Å². The normalized spacial score (nSPS) is 16.8. The minimum absolute atomic E-state index is 0.163. The number of anilines is 1. The van der Waals surface area contributed by atoms with Crippen LogP contribution in [0.5, 0.6) is 0 Å². The second-order valence-electron chi connectivity index (χ2n) is 6.86. The molecule has 4 amide bonds. The van der Waals surface area contributed by atoms with Crippen LogP contribution in [0.2, 0.25) is 0 Å². The summed E-state index contributed by atoms with van der Waals surface area (Å²) < 4.78 is 12.6. The van der Waals surface area contributed by atoms with E-state index in [0.29, 0.717) is 86.7 Å². The molecule has 0 radical (unpaired) electrons. The van der Waals surface area contributed by atoms with Gasteiger partial charge in [-0.1, -0.05) is 0 Å². The van der Waals surface area contributed by atoms with Crippen molar-refractivity contribution in [3.05, 3.63) is 21.8 Å². The number of halogens is 3. The summed E-state index contributed by atoms with van der Waals surface area (Å²) in [6.45, 7) is 6.16. The molecule has 0 atom stereocenters. The molecule has 1 aromatic rings. The Hall–Kier alpha value is -0.460. The minimum atomic E-state index is -0.380. The average Bonchev–Trinajstić information content (AvgIpc) is 2.78. The molecule has 0 aromatic heterocycles. The Bertz CT molecular complexity index is 814. The summed E-state index contributed by atoms with van der Waals surface area (Å²) in [5.41, 5.74) is 1.35. The Kier molecular flexibility index (Phi) is 9.42. The van der Waals surface area contributed by atoms with Crippen LogP contribution in [0.3, 0.4) is 0 Å². The first-order valence-electron chi connectivity index (χ1n) is 9.86. The van der Waals surface area contributed by atoms with E-state index in [1.807, 2.05) is 6.92 Å². The fourth-order valence-corrected chi connectivity index (χ4v) is 7.68. The molecule has 0 bridgehead atoms. The van der Waals surface area contributed by atoms with Crippen molar-refractivity contribution in [3.8, 4) is 0 Å². The van der Waals surface area contributed by atoms with Gasteiger partial charge in [-0.15, -0.1) is 0 Å². The number of nitrogens with one attached hydrogen (secondary N) is 2. The predicted molar refractivity (Wildman–Crippen MR) is 141 cm³/mol. The SMILES string of the molecule is CCNC(=O)Nc1c(I)c(C(=O)N2CCOCC2)c(I)c(C(=O)N2CCOCC2)c1I. The van der Waals surface area contributed by atoms with Gasteiger partial charge in [-0.3, -0.25) is 9.59 Å². The molecule has 2 heterocycles. The highest BCUT2D eigenvalue weighted by molar-refractivity contribution is 14.1. The third-order valence-electron chi connectivity index (χ3n) is 4.92. The molecule has 9 nitrogen and oxygen atoms in total. The highest BCUT2D eigenvalue weighted by Crippen LogP contribution is 2.37. The van der Waals surface area contributed by atoms with Gasteiger partial charge in [-0.2, -0.15) is 0 Å². The van der Waals surface area contributed by atoms with Gasteiger partial charge in [0.2, 0.25) is 0 Å². The molecule has 2 aliphatic heterocycles. The standard InChI is InChI=1S/C19H23I3N4O5/c1-2-23-19(29)24-16-14(21)11(17(27)25-3-7-30-8-4-25)13(20)12(15(16)22)18(28)26-5-9-31-10-6-26/h2-10H2,1H3,(H2,23,24,29). The van der Waals surface area contributed by atoms with Gasteiger partial charge < -0.3 is 29.9 Å². The van der Waals surface area contributed by atoms with Crippen molar-refractivity contribution >= 4 is 91.3 Å². The van der Waals surface area contributed by atoms with Gasteiger partial charge in [0.15, 0.2) is 0 Å². The summed E-state index contributed by atoms with van der Waals surface area (Å²) in [7, 11) is 0. The summed E-state index contributed by atoms with van der Waals surface area (Å²) in [4.78, 5) is 42.7. The fraction of sp³-hybridized carbons (Fsp3) is 0.526. The summed E-state index contributed by atoms with van der Waals surface area (Å²) in [6.07, 6.45) is 0. The van der Waals surface area contributed by atoms with Gasteiger partial charge in [0.05, 0.1) is 50.4 Å². The van der Waals surface area contributed by atoms with Crippen LogP contribution in [-0.4, -0.2) is 86.8 Å². The van der Waals surface area contributed by atoms with Gasteiger partial charge in [0.25, 0.3) is 11.8 Å². The lowest BCUT2D eigenvalue weighted by atomic mass is 10.1. The van der Waals surface area contributed by atoms with Crippen molar-refractivity contribution in [2.24, 2.45) is 0 Å². The summed E-state index contributed by atoms with van der Waals surface area (Å²) >= 11 is 6.25. The topological polar surface area (TPSA) is 100 Å². The largest absolute Gasteiger partial charge is 0.378 e. The molecule has 170 valence electrons. The first-order chi connectivity index (χ1) is 14.9.